The first-order chi connectivity index (χ1) is 12.1. The number of carboxylic acids is 1. The van der Waals surface area contributed by atoms with Gasteiger partial charge in [0.15, 0.2) is 0 Å². The highest BCUT2D eigenvalue weighted by Gasteiger charge is 2.33. The molecule has 0 spiro atoms. The number of ether oxygens (including phenoxy) is 1. The van der Waals surface area contributed by atoms with Crippen LogP contribution in [0.25, 0.3) is 0 Å². The number of carbonyl (C=O) groups excluding carboxylic acids is 1. The lowest BCUT2D eigenvalue weighted by Gasteiger charge is -2.26. The molecule has 0 bridgehead atoms. The van der Waals surface area contributed by atoms with Crippen LogP contribution in [-0.4, -0.2) is 22.6 Å². The summed E-state index contributed by atoms with van der Waals surface area (Å²) in [4.78, 5) is 24.0. The van der Waals surface area contributed by atoms with Crippen molar-refractivity contribution in [1.29, 1.82) is 0 Å². The van der Waals surface area contributed by atoms with E-state index in [9.17, 15) is 14.7 Å². The van der Waals surface area contributed by atoms with Crippen molar-refractivity contribution in [2.75, 3.05) is 0 Å². The standard InChI is InChI=1S/C22H34O4/c1-6-18(19(23)26-21(2,3)4)14-10-11-15-22(5,20(24)25)16-17-12-8-7-9-13-17/h7-9,12-13,18H,6,10-11,14-16H2,1-5H3,(H,24,25). The molecule has 0 aromatic heterocycles. The van der Waals surface area contributed by atoms with Crippen LogP contribution in [0.3, 0.4) is 0 Å². The summed E-state index contributed by atoms with van der Waals surface area (Å²) >= 11 is 0. The molecule has 4 heteroatoms. The fourth-order valence-electron chi connectivity index (χ4n) is 3.10. The van der Waals surface area contributed by atoms with Crippen LogP contribution in [0.1, 0.15) is 72.3 Å². The molecule has 0 aliphatic carbocycles. The maximum Gasteiger partial charge on any atom is 0.309 e. The summed E-state index contributed by atoms with van der Waals surface area (Å²) in [6.45, 7) is 9.43. The summed E-state index contributed by atoms with van der Waals surface area (Å²) in [7, 11) is 0. The summed E-state index contributed by atoms with van der Waals surface area (Å²) in [5.74, 6) is -1.02. The van der Waals surface area contributed by atoms with E-state index in [0.717, 1.165) is 31.2 Å². The molecular weight excluding hydrogens is 328 g/mol. The Bertz CT molecular complexity index is 574. The Morgan fingerprint density at radius 2 is 1.69 bits per heavy atom. The van der Waals surface area contributed by atoms with Gasteiger partial charge in [-0.3, -0.25) is 9.59 Å². The number of hydrogen-bond acceptors (Lipinski definition) is 3. The smallest absolute Gasteiger partial charge is 0.309 e. The summed E-state index contributed by atoms with van der Waals surface area (Å²) in [6, 6.07) is 9.74. The van der Waals surface area contributed by atoms with Gasteiger partial charge in [0.25, 0.3) is 0 Å². The van der Waals surface area contributed by atoms with Gasteiger partial charge in [-0.25, -0.2) is 0 Å². The van der Waals surface area contributed by atoms with Crippen LogP contribution in [0.4, 0.5) is 0 Å². The number of unbranched alkanes of at least 4 members (excludes halogenated alkanes) is 1. The molecule has 2 atom stereocenters. The van der Waals surface area contributed by atoms with Crippen LogP contribution in [0.15, 0.2) is 30.3 Å². The van der Waals surface area contributed by atoms with Gasteiger partial charge < -0.3 is 9.84 Å². The Balaban J connectivity index is 2.54. The molecule has 26 heavy (non-hydrogen) atoms. The van der Waals surface area contributed by atoms with Crippen molar-refractivity contribution in [2.24, 2.45) is 11.3 Å². The Morgan fingerprint density at radius 1 is 1.08 bits per heavy atom. The third-order valence-electron chi connectivity index (χ3n) is 4.72. The third-order valence-corrected chi connectivity index (χ3v) is 4.72. The zero-order valence-electron chi connectivity index (χ0n) is 16.9. The molecule has 0 heterocycles. The molecule has 146 valence electrons. The van der Waals surface area contributed by atoms with E-state index in [1.165, 1.54) is 0 Å². The second kappa shape index (κ2) is 9.75. The molecule has 0 aliphatic rings. The summed E-state index contributed by atoms with van der Waals surface area (Å²) in [6.07, 6.45) is 4.22. The highest BCUT2D eigenvalue weighted by molar-refractivity contribution is 5.74. The van der Waals surface area contributed by atoms with Crippen LogP contribution < -0.4 is 0 Å². The normalized spacial score (nSPS) is 15.1. The van der Waals surface area contributed by atoms with Crippen LogP contribution >= 0.6 is 0 Å². The lowest BCUT2D eigenvalue weighted by molar-refractivity contribution is -0.160. The molecule has 0 aliphatic heterocycles. The van der Waals surface area contributed by atoms with E-state index < -0.39 is 17.0 Å². The number of carboxylic acid groups (broad SMARTS) is 1. The summed E-state index contributed by atoms with van der Waals surface area (Å²) in [5, 5.41) is 9.69. The van der Waals surface area contributed by atoms with E-state index in [1.54, 1.807) is 0 Å². The maximum absolute atomic E-state index is 12.2. The lowest BCUT2D eigenvalue weighted by atomic mass is 9.79. The van der Waals surface area contributed by atoms with E-state index in [1.807, 2.05) is 65.0 Å². The van der Waals surface area contributed by atoms with E-state index in [2.05, 4.69) is 0 Å². The molecule has 0 saturated heterocycles. The first-order valence-electron chi connectivity index (χ1n) is 9.57. The number of benzene rings is 1. The van der Waals surface area contributed by atoms with Crippen molar-refractivity contribution in [1.82, 2.24) is 0 Å². The number of carbonyl (C=O) groups is 2. The molecule has 0 saturated carbocycles. The fourth-order valence-corrected chi connectivity index (χ4v) is 3.10. The Hall–Kier alpha value is -1.84. The maximum atomic E-state index is 12.2. The minimum atomic E-state index is -0.783. The van der Waals surface area contributed by atoms with Crippen LogP contribution in [-0.2, 0) is 20.7 Å². The average Bonchev–Trinajstić information content (AvgIpc) is 2.54. The van der Waals surface area contributed by atoms with Gasteiger partial charge in [-0.15, -0.1) is 0 Å². The minimum Gasteiger partial charge on any atom is -0.481 e. The first kappa shape index (κ1) is 22.2. The molecule has 1 aromatic carbocycles. The predicted octanol–water partition coefficient (Wildman–Crippen LogP) is 5.25. The number of rotatable bonds is 10. The molecule has 1 aromatic rings. The zero-order chi connectivity index (χ0) is 19.8. The molecule has 1 N–H and O–H groups in total. The van der Waals surface area contributed by atoms with E-state index >= 15 is 0 Å². The molecule has 4 nitrogen and oxygen atoms in total. The van der Waals surface area contributed by atoms with E-state index in [-0.39, 0.29) is 11.9 Å². The number of esters is 1. The van der Waals surface area contributed by atoms with Crippen molar-refractivity contribution in [2.45, 2.75) is 78.7 Å². The Labute approximate surface area is 158 Å². The summed E-state index contributed by atoms with van der Waals surface area (Å²) < 4.78 is 5.47. The second-order valence-corrected chi connectivity index (χ2v) is 8.41. The number of aliphatic carboxylic acids is 1. The SMILES string of the molecule is CCC(CCCCC(C)(Cc1ccccc1)C(=O)O)C(=O)OC(C)(C)C. The van der Waals surface area contributed by atoms with Crippen LogP contribution in [0.5, 0.6) is 0 Å². The molecular formula is C22H34O4. The zero-order valence-corrected chi connectivity index (χ0v) is 16.9. The van der Waals surface area contributed by atoms with Gasteiger partial charge in [-0.2, -0.15) is 0 Å². The highest BCUT2D eigenvalue weighted by Crippen LogP contribution is 2.30. The van der Waals surface area contributed by atoms with Gasteiger partial charge in [-0.1, -0.05) is 50.1 Å². The molecule has 2 unspecified atom stereocenters. The first-order valence-corrected chi connectivity index (χ1v) is 9.57. The fraction of sp³-hybridized carbons (Fsp3) is 0.636. The predicted molar refractivity (Wildman–Crippen MR) is 104 cm³/mol. The Kier molecular flexibility index (Phi) is 8.32. The van der Waals surface area contributed by atoms with Crippen molar-refractivity contribution in [3.05, 3.63) is 35.9 Å². The van der Waals surface area contributed by atoms with Gasteiger partial charge in [0.05, 0.1) is 11.3 Å². The van der Waals surface area contributed by atoms with Gasteiger partial charge in [0.1, 0.15) is 5.60 Å². The van der Waals surface area contributed by atoms with Gasteiger partial charge in [0, 0.05) is 0 Å². The Morgan fingerprint density at radius 3 is 2.19 bits per heavy atom. The van der Waals surface area contributed by atoms with E-state index in [4.69, 9.17) is 4.74 Å². The van der Waals surface area contributed by atoms with Crippen molar-refractivity contribution in [3.63, 3.8) is 0 Å². The third kappa shape index (κ3) is 7.59. The lowest BCUT2D eigenvalue weighted by Crippen LogP contribution is -2.30. The monoisotopic (exact) mass is 362 g/mol. The van der Waals surface area contributed by atoms with Crippen molar-refractivity contribution in [3.8, 4) is 0 Å². The average molecular weight is 363 g/mol. The quantitative estimate of drug-likeness (QED) is 0.456. The summed E-state index contributed by atoms with van der Waals surface area (Å²) in [5.41, 5.74) is -0.213. The van der Waals surface area contributed by atoms with Crippen LogP contribution in [0.2, 0.25) is 0 Å². The molecule has 0 radical (unpaired) electrons. The van der Waals surface area contributed by atoms with Crippen molar-refractivity contribution >= 4 is 11.9 Å². The second-order valence-electron chi connectivity index (χ2n) is 8.41. The molecule has 0 amide bonds. The van der Waals surface area contributed by atoms with Gasteiger partial charge in [-0.05, 0) is 58.9 Å². The number of hydrogen-bond donors (Lipinski definition) is 1. The largest absolute Gasteiger partial charge is 0.481 e. The van der Waals surface area contributed by atoms with E-state index in [0.29, 0.717) is 12.8 Å². The van der Waals surface area contributed by atoms with Gasteiger partial charge in [0.2, 0.25) is 0 Å². The van der Waals surface area contributed by atoms with Crippen LogP contribution in [0, 0.1) is 11.3 Å². The molecule has 0 fully saturated rings. The highest BCUT2D eigenvalue weighted by atomic mass is 16.6. The molecule has 1 rings (SSSR count). The topological polar surface area (TPSA) is 63.6 Å². The van der Waals surface area contributed by atoms with Gasteiger partial charge >= 0.3 is 11.9 Å². The minimum absolute atomic E-state index is 0.112. The van der Waals surface area contributed by atoms with Crippen molar-refractivity contribution < 1.29 is 19.4 Å².